The molecule has 1 saturated heterocycles. The molecule has 0 aromatic carbocycles. The van der Waals surface area contributed by atoms with Crippen LogP contribution in [-0.2, 0) is 6.54 Å². The molecule has 0 spiro atoms. The van der Waals surface area contributed by atoms with E-state index in [1.807, 2.05) is 0 Å². The van der Waals surface area contributed by atoms with Gasteiger partial charge < -0.3 is 19.5 Å². The van der Waals surface area contributed by atoms with Gasteiger partial charge >= 0.3 is 6.01 Å². The zero-order chi connectivity index (χ0) is 13.9. The van der Waals surface area contributed by atoms with Crippen molar-refractivity contribution in [1.29, 1.82) is 0 Å². The third-order valence-electron chi connectivity index (χ3n) is 3.22. The largest absolute Gasteiger partial charge is 0.407 e. The lowest BCUT2D eigenvalue weighted by molar-refractivity contribution is 0.358. The van der Waals surface area contributed by atoms with E-state index in [-0.39, 0.29) is 5.54 Å². The lowest BCUT2D eigenvalue weighted by atomic mass is 10.1. The molecular formula is C13H25N5O. The second-order valence-electron chi connectivity index (χ2n) is 6.23. The molecule has 1 aromatic heterocycles. The zero-order valence-electron chi connectivity index (χ0n) is 12.4. The van der Waals surface area contributed by atoms with Gasteiger partial charge in [0.2, 0.25) is 5.89 Å². The summed E-state index contributed by atoms with van der Waals surface area (Å²) >= 11 is 0. The van der Waals surface area contributed by atoms with E-state index >= 15 is 0 Å². The quantitative estimate of drug-likeness (QED) is 0.885. The van der Waals surface area contributed by atoms with E-state index in [1.165, 1.54) is 0 Å². The summed E-state index contributed by atoms with van der Waals surface area (Å²) in [6.45, 7) is 11.1. The van der Waals surface area contributed by atoms with Gasteiger partial charge in [-0.1, -0.05) is 5.10 Å². The summed E-state index contributed by atoms with van der Waals surface area (Å²) in [4.78, 5) is 4.51. The van der Waals surface area contributed by atoms with Crippen molar-refractivity contribution in [2.45, 2.75) is 39.3 Å². The van der Waals surface area contributed by atoms with Crippen LogP contribution in [0.1, 0.15) is 33.1 Å². The Bertz CT molecular complexity index is 398. The van der Waals surface area contributed by atoms with Gasteiger partial charge in [-0.05, 0) is 40.8 Å². The first-order chi connectivity index (χ1) is 8.94. The first-order valence-corrected chi connectivity index (χ1v) is 6.95. The number of aromatic nitrogens is 2. The van der Waals surface area contributed by atoms with Gasteiger partial charge in [-0.3, -0.25) is 0 Å². The summed E-state index contributed by atoms with van der Waals surface area (Å²) in [5, 5.41) is 11.6. The van der Waals surface area contributed by atoms with Crippen LogP contribution in [0.15, 0.2) is 4.42 Å². The summed E-state index contributed by atoms with van der Waals surface area (Å²) < 4.78 is 5.73. The van der Waals surface area contributed by atoms with Crippen molar-refractivity contribution in [3.8, 4) is 0 Å². The topological polar surface area (TPSA) is 57.4 Å². The fourth-order valence-corrected chi connectivity index (χ4v) is 2.02. The number of nitrogens with zero attached hydrogens (tertiary/aromatic N) is 4. The van der Waals surface area contributed by atoms with Gasteiger partial charge in [0.15, 0.2) is 0 Å². The van der Waals surface area contributed by atoms with Crippen molar-refractivity contribution in [3.05, 3.63) is 5.89 Å². The maximum Gasteiger partial charge on any atom is 0.318 e. The Labute approximate surface area is 115 Å². The number of nitrogens with one attached hydrogen (secondary N) is 1. The standard InChI is InChI=1S/C13H25N5O/c1-13(2,3)14-10-11-15-16-12(19-11)18-7-5-6-17(4)8-9-18/h14H,5-10H2,1-4H3. The van der Waals surface area contributed by atoms with Crippen LogP contribution >= 0.6 is 0 Å². The molecule has 0 radical (unpaired) electrons. The van der Waals surface area contributed by atoms with Crippen LogP contribution in [0.4, 0.5) is 6.01 Å². The predicted octanol–water partition coefficient (Wildman–Crippen LogP) is 1.10. The molecule has 1 aliphatic rings. The molecule has 0 bridgehead atoms. The minimum absolute atomic E-state index is 0.0555. The number of hydrogen-bond donors (Lipinski definition) is 1. The first-order valence-electron chi connectivity index (χ1n) is 6.95. The van der Waals surface area contributed by atoms with Gasteiger partial charge in [-0.25, -0.2) is 0 Å². The Morgan fingerprint density at radius 2 is 1.95 bits per heavy atom. The smallest absolute Gasteiger partial charge is 0.318 e. The second kappa shape index (κ2) is 5.88. The molecule has 108 valence electrons. The van der Waals surface area contributed by atoms with Gasteiger partial charge in [0.1, 0.15) is 0 Å². The van der Waals surface area contributed by atoms with E-state index in [4.69, 9.17) is 4.42 Å². The van der Waals surface area contributed by atoms with Crippen LogP contribution in [0.2, 0.25) is 0 Å². The molecule has 1 aromatic rings. The maximum atomic E-state index is 5.73. The normalized spacial score (nSPS) is 18.6. The van der Waals surface area contributed by atoms with E-state index < -0.39 is 0 Å². The average molecular weight is 267 g/mol. The molecule has 1 fully saturated rings. The Balaban J connectivity index is 1.92. The van der Waals surface area contributed by atoms with E-state index in [0.29, 0.717) is 18.5 Å². The van der Waals surface area contributed by atoms with E-state index in [2.05, 4.69) is 53.1 Å². The van der Waals surface area contributed by atoms with Crippen LogP contribution in [-0.4, -0.2) is 53.9 Å². The number of likely N-dealkylation sites (N-methyl/N-ethyl adjacent to an activating group) is 1. The summed E-state index contributed by atoms with van der Waals surface area (Å²) in [6.07, 6.45) is 1.13. The third kappa shape index (κ3) is 4.47. The molecule has 6 nitrogen and oxygen atoms in total. The van der Waals surface area contributed by atoms with Crippen LogP contribution in [0, 0.1) is 0 Å². The van der Waals surface area contributed by atoms with Crippen molar-refractivity contribution in [2.75, 3.05) is 38.1 Å². The highest BCUT2D eigenvalue weighted by Gasteiger charge is 2.18. The molecule has 0 aliphatic carbocycles. The highest BCUT2D eigenvalue weighted by molar-refractivity contribution is 5.24. The molecule has 0 atom stereocenters. The maximum absolute atomic E-state index is 5.73. The molecule has 0 amide bonds. The van der Waals surface area contributed by atoms with Gasteiger partial charge in [0.05, 0.1) is 6.54 Å². The van der Waals surface area contributed by atoms with E-state index in [9.17, 15) is 0 Å². The number of rotatable bonds is 3. The lowest BCUT2D eigenvalue weighted by Gasteiger charge is -2.19. The molecule has 0 saturated carbocycles. The van der Waals surface area contributed by atoms with Crippen LogP contribution in [0.3, 0.4) is 0 Å². The fraction of sp³-hybridized carbons (Fsp3) is 0.846. The summed E-state index contributed by atoms with van der Waals surface area (Å²) in [6, 6.07) is 0.654. The van der Waals surface area contributed by atoms with Crippen molar-refractivity contribution >= 4 is 6.01 Å². The summed E-state index contributed by atoms with van der Waals surface area (Å²) in [7, 11) is 2.15. The number of anilines is 1. The van der Waals surface area contributed by atoms with Crippen molar-refractivity contribution < 1.29 is 4.42 Å². The Morgan fingerprint density at radius 1 is 1.16 bits per heavy atom. The first kappa shape index (κ1) is 14.3. The van der Waals surface area contributed by atoms with Gasteiger partial charge in [-0.2, -0.15) is 0 Å². The molecule has 0 unspecified atom stereocenters. The molecule has 6 heteroatoms. The van der Waals surface area contributed by atoms with Crippen molar-refractivity contribution in [2.24, 2.45) is 0 Å². The van der Waals surface area contributed by atoms with Gasteiger partial charge in [0.25, 0.3) is 0 Å². The molecular weight excluding hydrogens is 242 g/mol. The van der Waals surface area contributed by atoms with Crippen molar-refractivity contribution in [3.63, 3.8) is 0 Å². The Hall–Kier alpha value is -1.14. The minimum atomic E-state index is 0.0555. The van der Waals surface area contributed by atoms with E-state index in [0.717, 1.165) is 32.6 Å². The fourth-order valence-electron chi connectivity index (χ4n) is 2.02. The van der Waals surface area contributed by atoms with Gasteiger partial charge in [0, 0.05) is 25.2 Å². The third-order valence-corrected chi connectivity index (χ3v) is 3.22. The average Bonchev–Trinajstić information content (AvgIpc) is 2.69. The highest BCUT2D eigenvalue weighted by atomic mass is 16.4. The molecule has 2 rings (SSSR count). The molecule has 1 N–H and O–H groups in total. The monoisotopic (exact) mass is 267 g/mol. The Morgan fingerprint density at radius 3 is 2.68 bits per heavy atom. The molecule has 2 heterocycles. The van der Waals surface area contributed by atoms with Crippen LogP contribution in [0.25, 0.3) is 0 Å². The van der Waals surface area contributed by atoms with Crippen LogP contribution in [0.5, 0.6) is 0 Å². The second-order valence-corrected chi connectivity index (χ2v) is 6.23. The van der Waals surface area contributed by atoms with Crippen LogP contribution < -0.4 is 10.2 Å². The number of hydrogen-bond acceptors (Lipinski definition) is 6. The zero-order valence-corrected chi connectivity index (χ0v) is 12.4. The molecule has 1 aliphatic heterocycles. The summed E-state index contributed by atoms with van der Waals surface area (Å²) in [5.41, 5.74) is 0.0555. The SMILES string of the molecule is CN1CCCN(c2nnc(CNC(C)(C)C)o2)CC1. The predicted molar refractivity (Wildman–Crippen MR) is 75.2 cm³/mol. The molecule has 19 heavy (non-hydrogen) atoms. The highest BCUT2D eigenvalue weighted by Crippen LogP contribution is 2.15. The van der Waals surface area contributed by atoms with Gasteiger partial charge in [-0.15, -0.1) is 5.10 Å². The Kier molecular flexibility index (Phi) is 4.42. The van der Waals surface area contributed by atoms with Crippen molar-refractivity contribution in [1.82, 2.24) is 20.4 Å². The lowest BCUT2D eigenvalue weighted by Crippen LogP contribution is -2.35. The van der Waals surface area contributed by atoms with E-state index in [1.54, 1.807) is 0 Å². The summed E-state index contributed by atoms with van der Waals surface area (Å²) in [5.74, 6) is 0.655. The minimum Gasteiger partial charge on any atom is -0.407 e.